The van der Waals surface area contributed by atoms with Crippen LogP contribution in [0, 0.1) is 0 Å². The van der Waals surface area contributed by atoms with Crippen molar-refractivity contribution in [2.24, 2.45) is 0 Å². The van der Waals surface area contributed by atoms with Gasteiger partial charge in [0.05, 0.1) is 13.2 Å². The largest absolute Gasteiger partial charge is 0.450 e. The van der Waals surface area contributed by atoms with Gasteiger partial charge < -0.3 is 20.1 Å². The molecule has 6 heteroatoms. The number of nitrogens with one attached hydrogen (secondary N) is 2. The summed E-state index contributed by atoms with van der Waals surface area (Å²) in [6.45, 7) is 9.17. The predicted octanol–water partition coefficient (Wildman–Crippen LogP) is 4.77. The van der Waals surface area contributed by atoms with Gasteiger partial charge >= 0.3 is 12.2 Å². The van der Waals surface area contributed by atoms with E-state index in [4.69, 9.17) is 9.47 Å². The molecule has 0 rings (SSSR count). The molecule has 2 amide bonds. The monoisotopic (exact) mass is 358 g/mol. The quantitative estimate of drug-likeness (QED) is 0.439. The van der Waals surface area contributed by atoms with Crippen molar-refractivity contribution < 1.29 is 19.1 Å². The van der Waals surface area contributed by atoms with Crippen molar-refractivity contribution in [2.75, 3.05) is 13.2 Å². The Morgan fingerprint density at radius 1 is 0.720 bits per heavy atom. The van der Waals surface area contributed by atoms with E-state index in [1.807, 2.05) is 0 Å². The molecule has 0 radical (unpaired) electrons. The van der Waals surface area contributed by atoms with E-state index in [0.29, 0.717) is 19.6 Å². The lowest BCUT2D eigenvalue weighted by Crippen LogP contribution is -2.43. The Kier molecular flexibility index (Phi) is 15.1. The lowest BCUT2D eigenvalue weighted by atomic mass is 9.99. The van der Waals surface area contributed by atoms with Crippen molar-refractivity contribution in [1.29, 1.82) is 0 Å². The van der Waals surface area contributed by atoms with Gasteiger partial charge in [-0.25, -0.2) is 9.59 Å². The maximum atomic E-state index is 11.9. The van der Waals surface area contributed by atoms with Gasteiger partial charge in [-0.2, -0.15) is 0 Å². The molecule has 0 aromatic heterocycles. The highest BCUT2D eigenvalue weighted by molar-refractivity contribution is 5.68. The second kappa shape index (κ2) is 16.0. The summed E-state index contributed by atoms with van der Waals surface area (Å²) in [5.41, 5.74) is 0. The fraction of sp³-hybridized carbons (Fsp3) is 0.895. The van der Waals surface area contributed by atoms with Crippen LogP contribution in [0.25, 0.3) is 0 Å². The first kappa shape index (κ1) is 23.5. The first-order valence-electron chi connectivity index (χ1n) is 9.93. The van der Waals surface area contributed by atoms with Crippen molar-refractivity contribution in [3.05, 3.63) is 0 Å². The van der Waals surface area contributed by atoms with Crippen molar-refractivity contribution in [2.45, 2.75) is 97.6 Å². The van der Waals surface area contributed by atoms with Crippen molar-refractivity contribution >= 4 is 12.2 Å². The molecule has 25 heavy (non-hydrogen) atoms. The highest BCUT2D eigenvalue weighted by atomic mass is 16.6. The number of ether oxygens (including phenoxy) is 2. The first-order chi connectivity index (χ1) is 12.1. The normalized spacial score (nSPS) is 13.0. The van der Waals surface area contributed by atoms with E-state index in [2.05, 4.69) is 38.3 Å². The number of carbonyl (C=O) groups is 2. The second-order valence-electron chi connectivity index (χ2n) is 6.47. The molecule has 0 aromatic carbocycles. The molecule has 2 unspecified atom stereocenters. The molecule has 2 N–H and O–H groups in total. The SMILES string of the molecule is CCCCOC(=O)NC(CCC)CC(CCC)NC(=O)OCCCC. The van der Waals surface area contributed by atoms with Gasteiger partial charge in [-0.05, 0) is 32.1 Å². The molecule has 0 aliphatic heterocycles. The molecule has 148 valence electrons. The first-order valence-corrected chi connectivity index (χ1v) is 9.93. The molecule has 0 aliphatic rings. The molecule has 0 saturated carbocycles. The van der Waals surface area contributed by atoms with Gasteiger partial charge in [0, 0.05) is 12.1 Å². The topological polar surface area (TPSA) is 76.7 Å². The molecule has 2 atom stereocenters. The van der Waals surface area contributed by atoms with E-state index in [1.165, 1.54) is 0 Å². The van der Waals surface area contributed by atoms with Gasteiger partial charge in [0.15, 0.2) is 0 Å². The molecule has 0 saturated heterocycles. The Morgan fingerprint density at radius 3 is 1.44 bits per heavy atom. The smallest absolute Gasteiger partial charge is 0.407 e. The Labute approximate surface area is 153 Å². The average Bonchev–Trinajstić information content (AvgIpc) is 2.55. The molecule has 0 aliphatic carbocycles. The number of amides is 2. The van der Waals surface area contributed by atoms with Gasteiger partial charge in [-0.3, -0.25) is 0 Å². The van der Waals surface area contributed by atoms with Gasteiger partial charge in [-0.15, -0.1) is 0 Å². The molecule has 0 bridgehead atoms. The number of carbonyl (C=O) groups excluding carboxylic acids is 2. The number of rotatable bonds is 14. The summed E-state index contributed by atoms with van der Waals surface area (Å²) in [6.07, 6.45) is 7.31. The molecule has 0 spiro atoms. The Balaban J connectivity index is 4.46. The summed E-state index contributed by atoms with van der Waals surface area (Å²) < 4.78 is 10.4. The van der Waals surface area contributed by atoms with Crippen LogP contribution in [0.3, 0.4) is 0 Å². The maximum Gasteiger partial charge on any atom is 0.407 e. The van der Waals surface area contributed by atoms with E-state index < -0.39 is 0 Å². The van der Waals surface area contributed by atoms with Crippen LogP contribution in [0.4, 0.5) is 9.59 Å². The minimum absolute atomic E-state index is 0.00776. The number of hydrogen-bond acceptors (Lipinski definition) is 4. The Morgan fingerprint density at radius 2 is 1.12 bits per heavy atom. The fourth-order valence-electron chi connectivity index (χ4n) is 2.57. The Bertz CT molecular complexity index is 318. The summed E-state index contributed by atoms with van der Waals surface area (Å²) in [7, 11) is 0. The van der Waals surface area contributed by atoms with Crippen LogP contribution in [0.1, 0.15) is 85.5 Å². The van der Waals surface area contributed by atoms with Gasteiger partial charge in [-0.1, -0.05) is 53.4 Å². The van der Waals surface area contributed by atoms with Crippen LogP contribution in [0.2, 0.25) is 0 Å². The third kappa shape index (κ3) is 13.5. The third-order valence-corrected chi connectivity index (χ3v) is 3.95. The minimum Gasteiger partial charge on any atom is -0.450 e. The van der Waals surface area contributed by atoms with Crippen LogP contribution in [0.15, 0.2) is 0 Å². The van der Waals surface area contributed by atoms with Crippen molar-refractivity contribution in [1.82, 2.24) is 10.6 Å². The second-order valence-corrected chi connectivity index (χ2v) is 6.47. The van der Waals surface area contributed by atoms with Crippen LogP contribution < -0.4 is 10.6 Å². The number of unbranched alkanes of at least 4 members (excludes halogenated alkanes) is 2. The number of alkyl carbamates (subject to hydrolysis) is 2. The fourth-order valence-corrected chi connectivity index (χ4v) is 2.57. The van der Waals surface area contributed by atoms with E-state index in [9.17, 15) is 9.59 Å². The summed E-state index contributed by atoms with van der Waals surface area (Å²) in [4.78, 5) is 23.8. The zero-order valence-corrected chi connectivity index (χ0v) is 16.6. The van der Waals surface area contributed by atoms with Crippen LogP contribution in [-0.2, 0) is 9.47 Å². The Hall–Kier alpha value is -1.46. The van der Waals surface area contributed by atoms with E-state index in [0.717, 1.165) is 51.4 Å². The van der Waals surface area contributed by atoms with Crippen LogP contribution >= 0.6 is 0 Å². The van der Waals surface area contributed by atoms with Crippen molar-refractivity contribution in [3.8, 4) is 0 Å². The lowest BCUT2D eigenvalue weighted by molar-refractivity contribution is 0.134. The van der Waals surface area contributed by atoms with Gasteiger partial charge in [0.2, 0.25) is 0 Å². The highest BCUT2D eigenvalue weighted by Gasteiger charge is 2.20. The summed E-state index contributed by atoms with van der Waals surface area (Å²) in [6, 6.07) is -0.0155. The standard InChI is InChI=1S/C19H38N2O4/c1-5-9-13-24-18(22)20-16(11-7-3)15-17(12-8-4)21-19(23)25-14-10-6-2/h16-17H,5-15H2,1-4H3,(H,20,22)(H,21,23). The average molecular weight is 359 g/mol. The van der Waals surface area contributed by atoms with Gasteiger partial charge in [0.1, 0.15) is 0 Å². The van der Waals surface area contributed by atoms with Gasteiger partial charge in [0.25, 0.3) is 0 Å². The summed E-state index contributed by atoms with van der Waals surface area (Å²) >= 11 is 0. The molecule has 0 aromatic rings. The summed E-state index contributed by atoms with van der Waals surface area (Å²) in [5.74, 6) is 0. The summed E-state index contributed by atoms with van der Waals surface area (Å²) in [5, 5.41) is 5.88. The van der Waals surface area contributed by atoms with Crippen LogP contribution in [0.5, 0.6) is 0 Å². The zero-order valence-electron chi connectivity index (χ0n) is 16.6. The van der Waals surface area contributed by atoms with E-state index >= 15 is 0 Å². The molecular weight excluding hydrogens is 320 g/mol. The maximum absolute atomic E-state index is 11.9. The third-order valence-electron chi connectivity index (χ3n) is 3.95. The van der Waals surface area contributed by atoms with Crippen LogP contribution in [-0.4, -0.2) is 37.5 Å². The lowest BCUT2D eigenvalue weighted by Gasteiger charge is -2.24. The number of hydrogen-bond donors (Lipinski definition) is 2. The van der Waals surface area contributed by atoms with Crippen molar-refractivity contribution in [3.63, 3.8) is 0 Å². The highest BCUT2D eigenvalue weighted by Crippen LogP contribution is 2.11. The molecule has 0 heterocycles. The zero-order chi connectivity index (χ0) is 18.9. The predicted molar refractivity (Wildman–Crippen MR) is 101 cm³/mol. The van der Waals surface area contributed by atoms with E-state index in [-0.39, 0.29) is 24.3 Å². The molecule has 0 fully saturated rings. The molecule has 6 nitrogen and oxygen atoms in total. The minimum atomic E-state index is -0.368. The van der Waals surface area contributed by atoms with E-state index in [1.54, 1.807) is 0 Å². The molecular formula is C19H38N2O4.